The van der Waals surface area contributed by atoms with Gasteiger partial charge in [-0.05, 0) is 48.6 Å². The van der Waals surface area contributed by atoms with Crippen molar-refractivity contribution in [3.05, 3.63) is 60.2 Å². The van der Waals surface area contributed by atoms with Gasteiger partial charge in [-0.2, -0.15) is 4.31 Å². The third-order valence-electron chi connectivity index (χ3n) is 6.90. The number of rotatable bonds is 7. The first kappa shape index (κ1) is 24.9. The number of nitrogens with zero attached hydrogens (tertiary/aromatic N) is 2. The predicted octanol–water partition coefficient (Wildman–Crippen LogP) is 2.95. The van der Waals surface area contributed by atoms with Gasteiger partial charge in [0.15, 0.2) is 0 Å². The maximum Gasteiger partial charge on any atom is 0.325 e. The molecule has 0 aromatic heterocycles. The van der Waals surface area contributed by atoms with Crippen molar-refractivity contribution in [2.45, 2.75) is 49.6 Å². The molecular formula is C25H30N4O5S. The molecule has 1 heterocycles. The number of benzene rings is 2. The average Bonchev–Trinajstić information content (AvgIpc) is 3.06. The van der Waals surface area contributed by atoms with Crippen LogP contribution in [-0.4, -0.2) is 54.6 Å². The standard InChI is InChI=1S/C25H30N4O5S/c1-18-8-6-7-15-25(18)23(31)29(24(32)27-25)17-22(30)26-20-11-13-21(14-12-20)35(33,34)28(2)16-19-9-4-3-5-10-19/h3-5,9-14,18H,6-8,15-17H2,1-2H3,(H,26,30)(H,27,32)/t18-,25+/m1/s1. The van der Waals surface area contributed by atoms with Crippen LogP contribution in [0.1, 0.15) is 38.2 Å². The van der Waals surface area contributed by atoms with Crippen molar-refractivity contribution in [1.29, 1.82) is 0 Å². The largest absolute Gasteiger partial charge is 0.325 e. The molecule has 0 unspecified atom stereocenters. The van der Waals surface area contributed by atoms with E-state index in [1.807, 2.05) is 37.3 Å². The molecule has 1 saturated heterocycles. The van der Waals surface area contributed by atoms with Crippen molar-refractivity contribution < 1.29 is 22.8 Å². The first-order valence-corrected chi connectivity index (χ1v) is 13.1. The summed E-state index contributed by atoms with van der Waals surface area (Å²) in [6.07, 6.45) is 3.29. The molecule has 2 aromatic carbocycles. The molecule has 2 aromatic rings. The minimum absolute atomic E-state index is 0.00952. The molecule has 35 heavy (non-hydrogen) atoms. The van der Waals surface area contributed by atoms with Gasteiger partial charge in [-0.1, -0.05) is 50.1 Å². The Morgan fingerprint density at radius 2 is 1.80 bits per heavy atom. The first-order valence-electron chi connectivity index (χ1n) is 11.7. The molecule has 1 saturated carbocycles. The van der Waals surface area contributed by atoms with E-state index in [1.165, 1.54) is 35.6 Å². The number of urea groups is 1. The van der Waals surface area contributed by atoms with Gasteiger partial charge in [0, 0.05) is 19.3 Å². The van der Waals surface area contributed by atoms with Crippen molar-refractivity contribution in [3.63, 3.8) is 0 Å². The van der Waals surface area contributed by atoms with Crippen molar-refractivity contribution >= 4 is 33.6 Å². The molecule has 2 atom stereocenters. The van der Waals surface area contributed by atoms with Gasteiger partial charge in [0.25, 0.3) is 5.91 Å². The Morgan fingerprint density at radius 1 is 1.11 bits per heavy atom. The number of hydrogen-bond acceptors (Lipinski definition) is 5. The molecule has 2 aliphatic rings. The third-order valence-corrected chi connectivity index (χ3v) is 8.72. The number of carbonyl (C=O) groups is 3. The van der Waals surface area contributed by atoms with Gasteiger partial charge in [-0.25, -0.2) is 13.2 Å². The maximum absolute atomic E-state index is 13.0. The molecule has 2 N–H and O–H groups in total. The summed E-state index contributed by atoms with van der Waals surface area (Å²) in [5.74, 6) is -0.881. The minimum atomic E-state index is -3.72. The molecule has 2 fully saturated rings. The molecule has 4 rings (SSSR count). The summed E-state index contributed by atoms with van der Waals surface area (Å²) in [4.78, 5) is 39.2. The number of hydrogen-bond donors (Lipinski definition) is 2. The number of anilines is 1. The monoisotopic (exact) mass is 498 g/mol. The van der Waals surface area contributed by atoms with Gasteiger partial charge in [0.05, 0.1) is 4.90 Å². The van der Waals surface area contributed by atoms with Crippen LogP contribution in [0.25, 0.3) is 0 Å². The Hall–Kier alpha value is -3.24. The van der Waals surface area contributed by atoms with E-state index < -0.39 is 34.0 Å². The summed E-state index contributed by atoms with van der Waals surface area (Å²) >= 11 is 0. The fourth-order valence-electron chi connectivity index (χ4n) is 4.80. The quantitative estimate of drug-likeness (QED) is 0.570. The smallest absolute Gasteiger partial charge is 0.325 e. The number of sulfonamides is 1. The van der Waals surface area contributed by atoms with E-state index in [0.29, 0.717) is 12.1 Å². The zero-order valence-electron chi connectivity index (χ0n) is 19.9. The Kier molecular flexibility index (Phi) is 6.95. The van der Waals surface area contributed by atoms with Gasteiger partial charge < -0.3 is 10.6 Å². The van der Waals surface area contributed by atoms with Crippen LogP contribution in [0.4, 0.5) is 10.5 Å². The fraction of sp³-hybridized carbons (Fsp3) is 0.400. The van der Waals surface area contributed by atoms with E-state index in [0.717, 1.165) is 29.7 Å². The first-order chi connectivity index (χ1) is 16.6. The zero-order valence-corrected chi connectivity index (χ0v) is 20.7. The second-order valence-electron chi connectivity index (χ2n) is 9.26. The molecule has 4 amide bonds. The Morgan fingerprint density at radius 3 is 2.46 bits per heavy atom. The molecule has 0 radical (unpaired) electrons. The SMILES string of the molecule is C[C@@H]1CCCC[C@]12NC(=O)N(CC(=O)Nc1ccc(S(=O)(=O)N(C)Cc3ccccc3)cc1)C2=O. The highest BCUT2D eigenvalue weighted by Crippen LogP contribution is 2.38. The summed E-state index contributed by atoms with van der Waals surface area (Å²) in [5, 5.41) is 5.47. The second kappa shape index (κ2) is 9.79. The van der Waals surface area contributed by atoms with E-state index in [1.54, 1.807) is 0 Å². The van der Waals surface area contributed by atoms with Crippen LogP contribution in [0.2, 0.25) is 0 Å². The van der Waals surface area contributed by atoms with Crippen LogP contribution in [0.3, 0.4) is 0 Å². The predicted molar refractivity (Wildman–Crippen MR) is 131 cm³/mol. The topological polar surface area (TPSA) is 116 Å². The number of nitrogens with one attached hydrogen (secondary N) is 2. The van der Waals surface area contributed by atoms with E-state index in [4.69, 9.17) is 0 Å². The van der Waals surface area contributed by atoms with Gasteiger partial charge >= 0.3 is 6.03 Å². The number of imide groups is 1. The molecule has 1 aliphatic heterocycles. The van der Waals surface area contributed by atoms with Gasteiger partial charge in [-0.15, -0.1) is 0 Å². The summed E-state index contributed by atoms with van der Waals surface area (Å²) in [7, 11) is -2.21. The summed E-state index contributed by atoms with van der Waals surface area (Å²) in [5.41, 5.74) is 0.317. The van der Waals surface area contributed by atoms with E-state index >= 15 is 0 Å². The highest BCUT2D eigenvalue weighted by atomic mass is 32.2. The molecule has 0 bridgehead atoms. The van der Waals surface area contributed by atoms with Crippen LogP contribution in [0, 0.1) is 5.92 Å². The molecule has 10 heteroatoms. The highest BCUT2D eigenvalue weighted by molar-refractivity contribution is 7.89. The molecule has 1 spiro atoms. The highest BCUT2D eigenvalue weighted by Gasteiger charge is 2.55. The Bertz CT molecular complexity index is 1220. The maximum atomic E-state index is 13.0. The lowest BCUT2D eigenvalue weighted by Crippen LogP contribution is -2.54. The van der Waals surface area contributed by atoms with Crippen molar-refractivity contribution in [2.75, 3.05) is 18.9 Å². The molecule has 9 nitrogen and oxygen atoms in total. The summed E-state index contributed by atoms with van der Waals surface area (Å²) in [6.45, 7) is 1.78. The third kappa shape index (κ3) is 4.94. The van der Waals surface area contributed by atoms with Gasteiger partial charge in [0.1, 0.15) is 12.1 Å². The number of carbonyl (C=O) groups excluding carboxylic acids is 3. The Balaban J connectivity index is 1.38. The van der Waals surface area contributed by atoms with E-state index in [9.17, 15) is 22.8 Å². The normalized spacial score (nSPS) is 22.5. The fourth-order valence-corrected chi connectivity index (χ4v) is 5.96. The van der Waals surface area contributed by atoms with Crippen LogP contribution in [-0.2, 0) is 26.2 Å². The summed E-state index contributed by atoms with van der Waals surface area (Å²) < 4.78 is 27.1. The van der Waals surface area contributed by atoms with Gasteiger partial charge in [-0.3, -0.25) is 14.5 Å². The van der Waals surface area contributed by atoms with E-state index in [2.05, 4.69) is 10.6 Å². The van der Waals surface area contributed by atoms with Crippen LogP contribution in [0.15, 0.2) is 59.5 Å². The molecular weight excluding hydrogens is 468 g/mol. The van der Waals surface area contributed by atoms with Crippen LogP contribution < -0.4 is 10.6 Å². The summed E-state index contributed by atoms with van der Waals surface area (Å²) in [6, 6.07) is 14.5. The van der Waals surface area contributed by atoms with Crippen molar-refractivity contribution in [1.82, 2.24) is 14.5 Å². The molecule has 186 valence electrons. The zero-order chi connectivity index (χ0) is 25.2. The Labute approximate surface area is 205 Å². The lowest BCUT2D eigenvalue weighted by atomic mass is 9.73. The average molecular weight is 499 g/mol. The number of amides is 4. The van der Waals surface area contributed by atoms with Gasteiger partial charge in [0.2, 0.25) is 15.9 Å². The lowest BCUT2D eigenvalue weighted by Gasteiger charge is -2.36. The minimum Gasteiger partial charge on any atom is -0.325 e. The molecule has 1 aliphatic carbocycles. The van der Waals surface area contributed by atoms with Crippen LogP contribution >= 0.6 is 0 Å². The lowest BCUT2D eigenvalue weighted by molar-refractivity contribution is -0.136. The second-order valence-corrected chi connectivity index (χ2v) is 11.3. The van der Waals surface area contributed by atoms with Crippen molar-refractivity contribution in [3.8, 4) is 0 Å². The van der Waals surface area contributed by atoms with Crippen molar-refractivity contribution in [2.24, 2.45) is 5.92 Å². The van der Waals surface area contributed by atoms with Crippen LogP contribution in [0.5, 0.6) is 0 Å². The van der Waals surface area contributed by atoms with E-state index in [-0.39, 0.29) is 23.3 Å².